The molecule has 1 aromatic carbocycles. The van der Waals surface area contributed by atoms with E-state index in [4.69, 9.17) is 4.74 Å². The molecule has 3 rings (SSSR count). The van der Waals surface area contributed by atoms with Crippen molar-refractivity contribution in [1.82, 2.24) is 14.9 Å². The number of anilines is 1. The van der Waals surface area contributed by atoms with Crippen molar-refractivity contribution in [2.24, 2.45) is 7.05 Å². The monoisotopic (exact) mass is 406 g/mol. The predicted molar refractivity (Wildman–Crippen MR) is 111 cm³/mol. The summed E-state index contributed by atoms with van der Waals surface area (Å²) in [5, 5.41) is 2.96. The van der Waals surface area contributed by atoms with E-state index in [-0.39, 0.29) is 36.5 Å². The summed E-state index contributed by atoms with van der Waals surface area (Å²) in [6.45, 7) is 7.18. The van der Waals surface area contributed by atoms with Crippen LogP contribution in [0, 0.1) is 0 Å². The highest BCUT2D eigenvalue weighted by Crippen LogP contribution is 2.39. The van der Waals surface area contributed by atoms with Crippen molar-refractivity contribution in [1.29, 1.82) is 0 Å². The molecule has 1 N–H and O–H groups in total. The molecule has 0 radical (unpaired) electrons. The third-order valence-electron chi connectivity index (χ3n) is 4.65. The molecular formula is C20H27ClN4O3. The number of halogens is 1. The molecule has 1 aliphatic heterocycles. The number of aromatic nitrogens is 2. The van der Waals surface area contributed by atoms with Gasteiger partial charge >= 0.3 is 6.09 Å². The fourth-order valence-electron chi connectivity index (χ4n) is 3.59. The van der Waals surface area contributed by atoms with Crippen molar-refractivity contribution < 1.29 is 14.3 Å². The minimum absolute atomic E-state index is 0. The summed E-state index contributed by atoms with van der Waals surface area (Å²) in [6.07, 6.45) is 3.65. The number of carbonyl (C=O) groups is 2. The fraction of sp³-hybridized carbons (Fsp3) is 0.450. The second-order valence-corrected chi connectivity index (χ2v) is 7.32. The molecule has 28 heavy (non-hydrogen) atoms. The summed E-state index contributed by atoms with van der Waals surface area (Å²) >= 11 is 0. The number of fused-ring (bicyclic) bond motifs is 1. The van der Waals surface area contributed by atoms with E-state index in [2.05, 4.69) is 10.3 Å². The molecule has 7 nitrogen and oxygen atoms in total. The van der Waals surface area contributed by atoms with E-state index in [1.54, 1.807) is 18.2 Å². The van der Waals surface area contributed by atoms with Gasteiger partial charge in [-0.15, -0.1) is 12.4 Å². The third-order valence-corrected chi connectivity index (χ3v) is 4.65. The number of imidazole rings is 1. The largest absolute Gasteiger partial charge is 0.447 e. The lowest BCUT2D eigenvalue weighted by Gasteiger charge is -2.39. The molecule has 1 unspecified atom stereocenters. The van der Waals surface area contributed by atoms with Gasteiger partial charge in [-0.3, -0.25) is 4.79 Å². The number of nitrogens with zero attached hydrogens (tertiary/aromatic N) is 3. The van der Waals surface area contributed by atoms with Gasteiger partial charge in [-0.05, 0) is 44.9 Å². The van der Waals surface area contributed by atoms with Gasteiger partial charge in [0.15, 0.2) is 0 Å². The second kappa shape index (κ2) is 8.65. The molecule has 2 heterocycles. The average molecular weight is 407 g/mol. The quantitative estimate of drug-likeness (QED) is 0.840. The maximum atomic E-state index is 12.2. The summed E-state index contributed by atoms with van der Waals surface area (Å²) in [6, 6.07) is 5.62. The number of hydrogen-bond donors (Lipinski definition) is 1. The van der Waals surface area contributed by atoms with Crippen LogP contribution in [-0.4, -0.2) is 33.7 Å². The van der Waals surface area contributed by atoms with Crippen molar-refractivity contribution in [3.63, 3.8) is 0 Å². The van der Waals surface area contributed by atoms with Gasteiger partial charge in [0.2, 0.25) is 5.91 Å². The summed E-state index contributed by atoms with van der Waals surface area (Å²) in [7, 11) is 1.92. The molecule has 0 bridgehead atoms. The highest BCUT2D eigenvalue weighted by atomic mass is 35.5. The molecule has 0 fully saturated rings. The highest BCUT2D eigenvalue weighted by molar-refractivity contribution is 5.94. The Morgan fingerprint density at radius 2 is 2.04 bits per heavy atom. The van der Waals surface area contributed by atoms with E-state index < -0.39 is 6.09 Å². The molecule has 8 heteroatoms. The zero-order valence-electron chi connectivity index (χ0n) is 16.8. The van der Waals surface area contributed by atoms with Crippen LogP contribution in [0.2, 0.25) is 0 Å². The summed E-state index contributed by atoms with van der Waals surface area (Å²) in [5.74, 6) is -0.0162. The Balaban J connectivity index is 0.00000280. The maximum Gasteiger partial charge on any atom is 0.407 e. The van der Waals surface area contributed by atoms with Crippen molar-refractivity contribution in [2.45, 2.75) is 52.3 Å². The number of ether oxygens (including phenoxy) is 1. The molecular weight excluding hydrogens is 380 g/mol. The Morgan fingerprint density at radius 1 is 1.32 bits per heavy atom. The first-order valence-corrected chi connectivity index (χ1v) is 9.15. The Hall–Kier alpha value is -2.54. The summed E-state index contributed by atoms with van der Waals surface area (Å²) in [4.78, 5) is 30.6. The topological polar surface area (TPSA) is 76.5 Å². The van der Waals surface area contributed by atoms with Crippen LogP contribution < -0.4 is 10.2 Å². The Bertz CT molecular complexity index is 865. The molecule has 2 aromatic rings. The number of rotatable bonds is 3. The van der Waals surface area contributed by atoms with Gasteiger partial charge in [0.1, 0.15) is 0 Å². The predicted octanol–water partition coefficient (Wildman–Crippen LogP) is 3.83. The second-order valence-electron chi connectivity index (χ2n) is 7.32. The van der Waals surface area contributed by atoms with Gasteiger partial charge < -0.3 is 19.5 Å². The van der Waals surface area contributed by atoms with Crippen LogP contribution in [0.3, 0.4) is 0 Å². The molecule has 2 atom stereocenters. The summed E-state index contributed by atoms with van der Waals surface area (Å²) in [5.41, 5.74) is 3.50. The van der Waals surface area contributed by atoms with Crippen LogP contribution in [0.25, 0.3) is 11.3 Å². The lowest BCUT2D eigenvalue weighted by atomic mass is 9.90. The van der Waals surface area contributed by atoms with Crippen LogP contribution >= 0.6 is 12.4 Å². The Labute approximate surface area is 171 Å². The van der Waals surface area contributed by atoms with Gasteiger partial charge in [-0.2, -0.15) is 0 Å². The van der Waals surface area contributed by atoms with Crippen molar-refractivity contribution >= 4 is 30.1 Å². The SMILES string of the molecule is CC(=O)N1c2ccc(-c3cn(C)cn3)cc2[C@H](NC(=O)OC(C)C)CC1C.Cl. The Morgan fingerprint density at radius 3 is 2.61 bits per heavy atom. The summed E-state index contributed by atoms with van der Waals surface area (Å²) < 4.78 is 7.13. The number of alkyl carbamates (subject to hydrolysis) is 1. The number of hydrogen-bond acceptors (Lipinski definition) is 4. The fourth-order valence-corrected chi connectivity index (χ4v) is 3.59. The van der Waals surface area contributed by atoms with E-state index in [9.17, 15) is 9.59 Å². The number of nitrogens with one attached hydrogen (secondary N) is 1. The molecule has 0 saturated carbocycles. The molecule has 1 aromatic heterocycles. The molecule has 2 amide bonds. The van der Waals surface area contributed by atoms with Crippen molar-refractivity contribution in [2.75, 3.05) is 4.90 Å². The number of amides is 2. The first-order valence-electron chi connectivity index (χ1n) is 9.15. The average Bonchev–Trinajstić information content (AvgIpc) is 2.99. The maximum absolute atomic E-state index is 12.2. The van der Waals surface area contributed by atoms with E-state index in [1.165, 1.54) is 0 Å². The smallest absolute Gasteiger partial charge is 0.407 e. The molecule has 152 valence electrons. The zero-order valence-corrected chi connectivity index (χ0v) is 17.6. The zero-order chi connectivity index (χ0) is 19.7. The van der Waals surface area contributed by atoms with Gasteiger partial charge in [0.05, 0.1) is 24.2 Å². The highest BCUT2D eigenvalue weighted by Gasteiger charge is 2.33. The lowest BCUT2D eigenvalue weighted by Crippen LogP contribution is -2.45. The van der Waals surface area contributed by atoms with E-state index in [0.717, 1.165) is 22.5 Å². The molecule has 0 aliphatic carbocycles. The molecule has 1 aliphatic rings. The van der Waals surface area contributed by atoms with E-state index >= 15 is 0 Å². The van der Waals surface area contributed by atoms with Crippen LogP contribution in [0.1, 0.15) is 45.7 Å². The first kappa shape index (κ1) is 21.8. The number of benzene rings is 1. The normalized spacial score (nSPS) is 18.3. The Kier molecular flexibility index (Phi) is 6.72. The standard InChI is InChI=1S/C20H26N4O3.ClH/c1-12(2)27-20(26)22-17-8-13(3)24(14(4)25)19-7-6-15(9-16(17)19)18-10-23(5)11-21-18;/h6-7,9-13,17H,8H2,1-5H3,(H,22,26);1H/t13?,17-;/m1./s1. The van der Waals surface area contributed by atoms with Crippen LogP contribution in [0.15, 0.2) is 30.7 Å². The van der Waals surface area contributed by atoms with Crippen molar-refractivity contribution in [3.05, 3.63) is 36.3 Å². The van der Waals surface area contributed by atoms with Gasteiger partial charge in [-0.25, -0.2) is 9.78 Å². The number of carbonyl (C=O) groups excluding carboxylic acids is 2. The third kappa shape index (κ3) is 4.47. The van der Waals surface area contributed by atoms with Crippen LogP contribution in [0.4, 0.5) is 10.5 Å². The van der Waals surface area contributed by atoms with Crippen LogP contribution in [-0.2, 0) is 16.6 Å². The minimum atomic E-state index is -0.451. The molecule has 0 saturated heterocycles. The number of aryl methyl sites for hydroxylation is 1. The lowest BCUT2D eigenvalue weighted by molar-refractivity contribution is -0.117. The van der Waals surface area contributed by atoms with Gasteiger partial charge in [0, 0.05) is 37.5 Å². The van der Waals surface area contributed by atoms with Crippen molar-refractivity contribution in [3.8, 4) is 11.3 Å². The molecule has 0 spiro atoms. The van der Waals surface area contributed by atoms with E-state index in [1.807, 2.05) is 56.8 Å². The van der Waals surface area contributed by atoms with Gasteiger partial charge in [-0.1, -0.05) is 6.07 Å². The van der Waals surface area contributed by atoms with Crippen LogP contribution in [0.5, 0.6) is 0 Å². The van der Waals surface area contributed by atoms with E-state index in [0.29, 0.717) is 6.42 Å². The minimum Gasteiger partial charge on any atom is -0.447 e. The first-order chi connectivity index (χ1) is 12.8. The van der Waals surface area contributed by atoms with Gasteiger partial charge in [0.25, 0.3) is 0 Å².